The summed E-state index contributed by atoms with van der Waals surface area (Å²) in [6.45, 7) is 10.2. The minimum absolute atomic E-state index is 0.459. The number of hydrogen-bond donors (Lipinski definition) is 1. The van der Waals surface area contributed by atoms with Crippen LogP contribution in [0.1, 0.15) is 68.0 Å². The van der Waals surface area contributed by atoms with Crippen molar-refractivity contribution in [2.45, 2.75) is 78.7 Å². The summed E-state index contributed by atoms with van der Waals surface area (Å²) in [4.78, 5) is 6.14. The SMILES string of the molecule is CCCNC(Cc1nc(C)c(C)s1)C1(C)CCCCC1. The molecule has 20 heavy (non-hydrogen) atoms. The summed E-state index contributed by atoms with van der Waals surface area (Å²) in [6.07, 6.45) is 9.28. The maximum absolute atomic E-state index is 4.76. The van der Waals surface area contributed by atoms with E-state index in [-0.39, 0.29) is 0 Å². The highest BCUT2D eigenvalue weighted by atomic mass is 32.1. The van der Waals surface area contributed by atoms with E-state index in [1.54, 1.807) is 0 Å². The molecule has 0 spiro atoms. The highest BCUT2D eigenvalue weighted by Gasteiger charge is 2.35. The molecule has 0 aliphatic heterocycles. The highest BCUT2D eigenvalue weighted by Crippen LogP contribution is 2.40. The monoisotopic (exact) mass is 294 g/mol. The number of hydrogen-bond acceptors (Lipinski definition) is 3. The van der Waals surface area contributed by atoms with Crippen LogP contribution >= 0.6 is 11.3 Å². The molecule has 114 valence electrons. The lowest BCUT2D eigenvalue weighted by atomic mass is 9.69. The van der Waals surface area contributed by atoms with Crippen LogP contribution in [0.15, 0.2) is 0 Å². The lowest BCUT2D eigenvalue weighted by Gasteiger charge is -2.41. The van der Waals surface area contributed by atoms with Crippen molar-refractivity contribution < 1.29 is 0 Å². The van der Waals surface area contributed by atoms with Crippen molar-refractivity contribution in [1.29, 1.82) is 0 Å². The fourth-order valence-corrected chi connectivity index (χ4v) is 4.37. The molecule has 1 aliphatic rings. The molecule has 1 saturated carbocycles. The molecule has 3 heteroatoms. The molecular formula is C17H30N2S. The molecule has 1 N–H and O–H groups in total. The molecule has 1 unspecified atom stereocenters. The van der Waals surface area contributed by atoms with Gasteiger partial charge >= 0.3 is 0 Å². The van der Waals surface area contributed by atoms with E-state index in [2.05, 4.69) is 33.0 Å². The second-order valence-electron chi connectivity index (χ2n) is 6.67. The number of rotatable bonds is 6. The van der Waals surface area contributed by atoms with Crippen molar-refractivity contribution in [2.75, 3.05) is 6.54 Å². The Balaban J connectivity index is 2.09. The molecule has 2 rings (SSSR count). The van der Waals surface area contributed by atoms with Crippen LogP contribution in [0, 0.1) is 19.3 Å². The number of aryl methyl sites for hydroxylation is 2. The van der Waals surface area contributed by atoms with Crippen molar-refractivity contribution >= 4 is 11.3 Å². The van der Waals surface area contributed by atoms with E-state index in [9.17, 15) is 0 Å². The third-order valence-electron chi connectivity index (χ3n) is 4.93. The zero-order valence-electron chi connectivity index (χ0n) is 13.6. The largest absolute Gasteiger partial charge is 0.313 e. The molecule has 0 radical (unpaired) electrons. The first-order valence-corrected chi connectivity index (χ1v) is 9.03. The molecule has 1 atom stereocenters. The van der Waals surface area contributed by atoms with Crippen LogP contribution in [-0.4, -0.2) is 17.6 Å². The molecular weight excluding hydrogens is 264 g/mol. The number of aromatic nitrogens is 1. The third-order valence-corrected chi connectivity index (χ3v) is 6.02. The van der Waals surface area contributed by atoms with Gasteiger partial charge in [-0.3, -0.25) is 0 Å². The summed E-state index contributed by atoms with van der Waals surface area (Å²) >= 11 is 1.89. The van der Waals surface area contributed by atoms with Gasteiger partial charge in [-0.25, -0.2) is 4.98 Å². The minimum Gasteiger partial charge on any atom is -0.313 e. The van der Waals surface area contributed by atoms with Crippen molar-refractivity contribution in [3.63, 3.8) is 0 Å². The Morgan fingerprint density at radius 3 is 2.50 bits per heavy atom. The fraction of sp³-hybridized carbons (Fsp3) is 0.824. The molecule has 2 nitrogen and oxygen atoms in total. The molecule has 1 fully saturated rings. The topological polar surface area (TPSA) is 24.9 Å². The Labute approximate surface area is 128 Å². The average Bonchev–Trinajstić information content (AvgIpc) is 2.74. The Kier molecular flexibility index (Phi) is 5.62. The van der Waals surface area contributed by atoms with Gasteiger partial charge in [-0.2, -0.15) is 0 Å². The van der Waals surface area contributed by atoms with Crippen LogP contribution in [0.25, 0.3) is 0 Å². The predicted molar refractivity (Wildman–Crippen MR) is 88.6 cm³/mol. The first-order chi connectivity index (χ1) is 9.55. The second kappa shape index (κ2) is 7.04. The van der Waals surface area contributed by atoms with Gasteiger partial charge in [0.25, 0.3) is 0 Å². The first-order valence-electron chi connectivity index (χ1n) is 8.21. The van der Waals surface area contributed by atoms with Crippen LogP contribution < -0.4 is 5.32 Å². The van der Waals surface area contributed by atoms with Crippen LogP contribution in [0.5, 0.6) is 0 Å². The van der Waals surface area contributed by atoms with Crippen molar-refractivity contribution in [2.24, 2.45) is 5.41 Å². The van der Waals surface area contributed by atoms with Crippen LogP contribution in [0.2, 0.25) is 0 Å². The Hall–Kier alpha value is -0.410. The smallest absolute Gasteiger partial charge is 0.0946 e. The molecule has 1 aliphatic carbocycles. The minimum atomic E-state index is 0.459. The van der Waals surface area contributed by atoms with Gasteiger partial charge in [-0.05, 0) is 45.1 Å². The normalized spacial score (nSPS) is 20.0. The molecule has 1 aromatic rings. The third kappa shape index (κ3) is 3.82. The van der Waals surface area contributed by atoms with E-state index in [0.29, 0.717) is 11.5 Å². The summed E-state index contributed by atoms with van der Waals surface area (Å²) < 4.78 is 0. The summed E-state index contributed by atoms with van der Waals surface area (Å²) in [5.41, 5.74) is 1.68. The van der Waals surface area contributed by atoms with Crippen LogP contribution in [0.4, 0.5) is 0 Å². The van der Waals surface area contributed by atoms with E-state index in [1.165, 1.54) is 54.1 Å². The summed E-state index contributed by atoms with van der Waals surface area (Å²) in [5, 5.41) is 5.14. The van der Waals surface area contributed by atoms with Crippen molar-refractivity contribution in [1.82, 2.24) is 10.3 Å². The second-order valence-corrected chi connectivity index (χ2v) is 7.96. The van der Waals surface area contributed by atoms with Crippen LogP contribution in [0.3, 0.4) is 0 Å². The van der Waals surface area contributed by atoms with Gasteiger partial charge in [0.05, 0.1) is 10.7 Å². The van der Waals surface area contributed by atoms with Gasteiger partial charge in [0.1, 0.15) is 0 Å². The zero-order chi connectivity index (χ0) is 14.6. The standard InChI is InChI=1S/C17H30N2S/c1-5-11-18-15(17(4)9-7-6-8-10-17)12-16-19-13(2)14(3)20-16/h15,18H,5-12H2,1-4H3. The van der Waals surface area contributed by atoms with Crippen molar-refractivity contribution in [3.8, 4) is 0 Å². The van der Waals surface area contributed by atoms with E-state index < -0.39 is 0 Å². The van der Waals surface area contributed by atoms with Gasteiger partial charge in [0.15, 0.2) is 0 Å². The Morgan fingerprint density at radius 1 is 1.25 bits per heavy atom. The number of thiazole rings is 1. The summed E-state index contributed by atoms with van der Waals surface area (Å²) in [7, 11) is 0. The quantitative estimate of drug-likeness (QED) is 0.826. The van der Waals surface area contributed by atoms with E-state index in [0.717, 1.165) is 13.0 Å². The lowest BCUT2D eigenvalue weighted by molar-refractivity contribution is 0.143. The molecule has 1 heterocycles. The van der Waals surface area contributed by atoms with E-state index in [4.69, 9.17) is 4.98 Å². The van der Waals surface area contributed by atoms with Gasteiger partial charge in [-0.1, -0.05) is 33.1 Å². The number of nitrogens with one attached hydrogen (secondary N) is 1. The maximum Gasteiger partial charge on any atom is 0.0946 e. The predicted octanol–water partition coefficient (Wildman–Crippen LogP) is 4.64. The van der Waals surface area contributed by atoms with Gasteiger partial charge < -0.3 is 5.32 Å². The van der Waals surface area contributed by atoms with Gasteiger partial charge in [0.2, 0.25) is 0 Å². The first kappa shape index (κ1) is 16.0. The maximum atomic E-state index is 4.76. The molecule has 0 bridgehead atoms. The molecule has 1 aromatic heterocycles. The van der Waals surface area contributed by atoms with Gasteiger partial charge in [-0.15, -0.1) is 11.3 Å². The fourth-order valence-electron chi connectivity index (χ4n) is 3.39. The average molecular weight is 295 g/mol. The Bertz CT molecular complexity index is 399. The molecule has 0 aromatic carbocycles. The molecule has 0 amide bonds. The highest BCUT2D eigenvalue weighted by molar-refractivity contribution is 7.11. The van der Waals surface area contributed by atoms with E-state index >= 15 is 0 Å². The zero-order valence-corrected chi connectivity index (χ0v) is 14.4. The van der Waals surface area contributed by atoms with Crippen LogP contribution in [-0.2, 0) is 6.42 Å². The number of nitrogens with zero attached hydrogens (tertiary/aromatic N) is 1. The lowest BCUT2D eigenvalue weighted by Crippen LogP contribution is -2.46. The van der Waals surface area contributed by atoms with E-state index in [1.807, 2.05) is 11.3 Å². The van der Waals surface area contributed by atoms with Crippen molar-refractivity contribution in [3.05, 3.63) is 15.6 Å². The van der Waals surface area contributed by atoms with Gasteiger partial charge in [0, 0.05) is 17.3 Å². The summed E-state index contributed by atoms with van der Waals surface area (Å²) in [5.74, 6) is 0. The Morgan fingerprint density at radius 2 is 1.95 bits per heavy atom. The molecule has 0 saturated heterocycles. The summed E-state index contributed by atoms with van der Waals surface area (Å²) in [6, 6.07) is 0.590.